The summed E-state index contributed by atoms with van der Waals surface area (Å²) in [6, 6.07) is 7.67. The summed E-state index contributed by atoms with van der Waals surface area (Å²) in [5.41, 5.74) is 8.16. The van der Waals surface area contributed by atoms with Gasteiger partial charge in [0.2, 0.25) is 0 Å². The minimum atomic E-state index is -0.690. The second kappa shape index (κ2) is 13.5. The third-order valence-electron chi connectivity index (χ3n) is 5.35. The zero-order chi connectivity index (χ0) is 27.8. The molecule has 0 spiro atoms. The molecule has 1 heterocycles. The average Bonchev–Trinajstić information content (AvgIpc) is 3.13. The molecule has 0 aliphatic carbocycles. The molecule has 1 amide bonds. The van der Waals surface area contributed by atoms with Gasteiger partial charge in [0.05, 0.1) is 7.11 Å². The summed E-state index contributed by atoms with van der Waals surface area (Å²) < 4.78 is 11.5. The molecule has 0 aliphatic rings. The number of nitrogens with two attached hydrogens (primary N) is 1. The van der Waals surface area contributed by atoms with Gasteiger partial charge in [-0.15, -0.1) is 0 Å². The third-order valence-corrected chi connectivity index (χ3v) is 7.73. The van der Waals surface area contributed by atoms with Gasteiger partial charge in [-0.1, -0.05) is 0 Å². The maximum absolute atomic E-state index is 12.9. The van der Waals surface area contributed by atoms with E-state index in [1.807, 2.05) is 31.2 Å². The average molecular weight is 592 g/mol. The first kappa shape index (κ1) is 30.2. The van der Waals surface area contributed by atoms with Gasteiger partial charge in [0.25, 0.3) is 0 Å². The first-order valence-electron chi connectivity index (χ1n) is 11.7. The molecule has 0 aliphatic heterocycles. The summed E-state index contributed by atoms with van der Waals surface area (Å²) in [4.78, 5) is 39.8. The van der Waals surface area contributed by atoms with Crippen LogP contribution in [0, 0.1) is 18.8 Å². The van der Waals surface area contributed by atoms with E-state index in [1.54, 1.807) is 27.7 Å². The van der Waals surface area contributed by atoms with Crippen LogP contribution >= 0.6 is 11.6 Å². The zero-order valence-electron chi connectivity index (χ0n) is 22.0. The molecular formula is C28H33ClN2O5Se. The number of hydrogen-bond acceptors (Lipinski definition) is 5. The van der Waals surface area contributed by atoms with Gasteiger partial charge in [-0.3, -0.25) is 4.79 Å². The van der Waals surface area contributed by atoms with Crippen molar-refractivity contribution in [3.05, 3.63) is 62.9 Å². The fraction of sp³-hybridized carbons (Fsp3) is 0.393. The minimum absolute atomic E-state index is 0.109. The number of ether oxygens (including phenoxy) is 2. The van der Waals surface area contributed by atoms with Crippen molar-refractivity contribution >= 4 is 48.9 Å². The van der Waals surface area contributed by atoms with Crippen molar-refractivity contribution in [2.45, 2.75) is 64.8 Å². The van der Waals surface area contributed by atoms with Crippen LogP contribution in [0.5, 0.6) is 0 Å². The molecule has 7 nitrogen and oxygen atoms in total. The van der Waals surface area contributed by atoms with Crippen LogP contribution < -0.4 is 10.2 Å². The van der Waals surface area contributed by atoms with Crippen molar-refractivity contribution < 1.29 is 23.9 Å². The van der Waals surface area contributed by atoms with Gasteiger partial charge >= 0.3 is 193 Å². The molecule has 0 saturated carbocycles. The van der Waals surface area contributed by atoms with Crippen LogP contribution in [0.4, 0.5) is 0 Å². The molecule has 0 fully saturated rings. The molecule has 37 heavy (non-hydrogen) atoms. The van der Waals surface area contributed by atoms with Crippen molar-refractivity contribution in [1.29, 1.82) is 0 Å². The number of nitrogens with one attached hydrogen (secondary N) is 1. The molecular weight excluding hydrogens is 559 g/mol. The molecule has 0 saturated heterocycles. The number of carbonyl (C=O) groups excluding carboxylic acids is 3. The Morgan fingerprint density at radius 1 is 1.14 bits per heavy atom. The normalized spacial score (nSPS) is 11.8. The Morgan fingerprint density at radius 2 is 1.78 bits per heavy atom. The van der Waals surface area contributed by atoms with Crippen molar-refractivity contribution in [3.8, 4) is 11.8 Å². The second-order valence-electron chi connectivity index (χ2n) is 9.33. The molecule has 0 bridgehead atoms. The molecule has 0 radical (unpaired) electrons. The number of halogens is 1. The Morgan fingerprint density at radius 3 is 2.35 bits per heavy atom. The van der Waals surface area contributed by atoms with Crippen LogP contribution in [0.3, 0.4) is 0 Å². The number of aromatic amines is 1. The van der Waals surface area contributed by atoms with Crippen molar-refractivity contribution in [1.82, 2.24) is 4.98 Å². The number of rotatable bonds is 9. The van der Waals surface area contributed by atoms with Crippen LogP contribution in [0.1, 0.15) is 67.8 Å². The Hall–Kier alpha value is -2.98. The van der Waals surface area contributed by atoms with E-state index in [4.69, 9.17) is 26.8 Å². The van der Waals surface area contributed by atoms with Crippen molar-refractivity contribution in [2.75, 3.05) is 7.11 Å². The number of allylic oxidation sites excluding steroid dienone is 1. The van der Waals surface area contributed by atoms with E-state index in [0.717, 1.165) is 10.9 Å². The molecule has 3 N–H and O–H groups in total. The predicted molar refractivity (Wildman–Crippen MR) is 146 cm³/mol. The molecule has 2 rings (SSSR count). The molecule has 198 valence electrons. The Kier molecular flexibility index (Phi) is 11.1. The monoisotopic (exact) mass is 592 g/mol. The standard InChI is InChI=1S/C28H33ClN2O5Se/c1-17(21(26(30)33)15-16-37-20-10-8-19(29)9-11-20)7-13-23-18(2)22(12-14-24(32)35-6)25(31-23)27(34)36-28(3,4)5/h8-11,31H,12,14-16H2,1-6H3,(H2,30,33)/b21-17-. The van der Waals surface area contributed by atoms with Gasteiger partial charge in [0.1, 0.15) is 0 Å². The van der Waals surface area contributed by atoms with Gasteiger partial charge < -0.3 is 4.74 Å². The van der Waals surface area contributed by atoms with Crippen LogP contribution in [0.15, 0.2) is 35.4 Å². The third kappa shape index (κ3) is 9.44. The Bertz CT molecular complexity index is 1240. The SMILES string of the molecule is COC(=O)CCc1c(C(=O)OC(C)(C)C)[nH]c(C#C/C(C)=C(/CC[Se]c2ccc(Cl)cc2)C(N)=O)c1C. The van der Waals surface area contributed by atoms with Gasteiger partial charge in [-0.2, -0.15) is 0 Å². The van der Waals surface area contributed by atoms with E-state index in [9.17, 15) is 14.4 Å². The van der Waals surface area contributed by atoms with E-state index >= 15 is 0 Å². The van der Waals surface area contributed by atoms with Gasteiger partial charge in [0.15, 0.2) is 0 Å². The molecule has 2 aromatic rings. The number of primary amides is 1. The molecule has 1 aromatic carbocycles. The summed E-state index contributed by atoms with van der Waals surface area (Å²) in [5.74, 6) is 4.65. The van der Waals surface area contributed by atoms with Crippen molar-refractivity contribution in [2.24, 2.45) is 5.73 Å². The van der Waals surface area contributed by atoms with E-state index in [0.29, 0.717) is 40.3 Å². The van der Waals surface area contributed by atoms with Gasteiger partial charge in [0, 0.05) is 0 Å². The summed E-state index contributed by atoms with van der Waals surface area (Å²) in [5, 5.41) is 1.47. The van der Waals surface area contributed by atoms with E-state index < -0.39 is 17.5 Å². The quantitative estimate of drug-likeness (QED) is 0.198. The molecule has 0 atom stereocenters. The number of hydrogen-bond donors (Lipinski definition) is 2. The van der Waals surface area contributed by atoms with E-state index in [-0.39, 0.29) is 33.0 Å². The van der Waals surface area contributed by atoms with Crippen LogP contribution in [0.25, 0.3) is 0 Å². The van der Waals surface area contributed by atoms with Gasteiger partial charge in [-0.25, -0.2) is 0 Å². The molecule has 0 unspecified atom stereocenters. The zero-order valence-corrected chi connectivity index (χ0v) is 24.5. The number of methoxy groups -OCH3 is 1. The number of H-pyrrole nitrogens is 1. The number of amides is 1. The van der Waals surface area contributed by atoms with Crippen LogP contribution in [0.2, 0.25) is 10.3 Å². The molecule has 9 heteroatoms. The number of esters is 2. The van der Waals surface area contributed by atoms with Crippen LogP contribution in [-0.4, -0.2) is 50.5 Å². The predicted octanol–water partition coefficient (Wildman–Crippen LogP) is 4.03. The summed E-state index contributed by atoms with van der Waals surface area (Å²) in [6.07, 6.45) is 0.910. The number of aromatic nitrogens is 1. The first-order valence-corrected chi connectivity index (χ1v) is 14.2. The van der Waals surface area contributed by atoms with Crippen molar-refractivity contribution in [3.63, 3.8) is 0 Å². The Labute approximate surface area is 229 Å². The first-order chi connectivity index (χ1) is 17.3. The topological polar surface area (TPSA) is 111 Å². The summed E-state index contributed by atoms with van der Waals surface area (Å²) >= 11 is 6.10. The van der Waals surface area contributed by atoms with Gasteiger partial charge in [-0.05, 0) is 20.8 Å². The molecule has 1 aromatic heterocycles. The number of carbonyl (C=O) groups is 3. The number of benzene rings is 1. The Balaban J connectivity index is 2.32. The van der Waals surface area contributed by atoms with E-state index in [1.165, 1.54) is 11.6 Å². The fourth-order valence-corrected chi connectivity index (χ4v) is 5.38. The summed E-state index contributed by atoms with van der Waals surface area (Å²) in [6.45, 7) is 8.92. The summed E-state index contributed by atoms with van der Waals surface area (Å²) in [7, 11) is 1.32. The van der Waals surface area contributed by atoms with E-state index in [2.05, 4.69) is 16.8 Å². The second-order valence-corrected chi connectivity index (χ2v) is 12.2. The van der Waals surface area contributed by atoms with Crippen LogP contribution in [-0.2, 0) is 25.5 Å². The fourth-order valence-electron chi connectivity index (χ4n) is 3.43. The maximum atomic E-state index is 12.9.